The fraction of sp³-hybridized carbons (Fsp3) is 0.227. The van der Waals surface area contributed by atoms with Crippen molar-refractivity contribution in [2.24, 2.45) is 23.7 Å². The number of amides is 2. The number of nitrogens with zero attached hydrogens (tertiary/aromatic N) is 1. The second kappa shape index (κ2) is 6.31. The molecule has 0 radical (unpaired) electrons. The van der Waals surface area contributed by atoms with Crippen molar-refractivity contribution in [1.82, 2.24) is 0 Å². The molecule has 0 N–H and O–H groups in total. The first-order valence-corrected chi connectivity index (χ1v) is 9.54. The van der Waals surface area contributed by atoms with Gasteiger partial charge in [0.15, 0.2) is 0 Å². The maximum Gasteiger partial charge on any atom is 0.343 e. The molecule has 2 amide bonds. The molecular formula is C22H16ClNO4. The van der Waals surface area contributed by atoms with Crippen LogP contribution in [-0.2, 0) is 9.59 Å². The van der Waals surface area contributed by atoms with E-state index in [0.717, 1.165) is 6.42 Å². The van der Waals surface area contributed by atoms with E-state index in [1.54, 1.807) is 48.5 Å². The first kappa shape index (κ1) is 17.2. The van der Waals surface area contributed by atoms with Gasteiger partial charge >= 0.3 is 5.97 Å². The van der Waals surface area contributed by atoms with Crippen molar-refractivity contribution in [2.45, 2.75) is 6.42 Å². The molecule has 1 aliphatic heterocycles. The van der Waals surface area contributed by atoms with Crippen molar-refractivity contribution in [3.63, 3.8) is 0 Å². The number of anilines is 1. The van der Waals surface area contributed by atoms with E-state index in [9.17, 15) is 14.4 Å². The normalized spacial score (nSPS) is 27.4. The van der Waals surface area contributed by atoms with Crippen LogP contribution in [0.3, 0.4) is 0 Å². The molecule has 2 aromatic carbocycles. The lowest BCUT2D eigenvalue weighted by atomic mass is 9.85. The Balaban J connectivity index is 1.34. The Bertz CT molecular complexity index is 982. The fourth-order valence-electron chi connectivity index (χ4n) is 4.57. The largest absolute Gasteiger partial charge is 0.423 e. The number of benzene rings is 2. The highest BCUT2D eigenvalue weighted by molar-refractivity contribution is 6.30. The van der Waals surface area contributed by atoms with E-state index in [-0.39, 0.29) is 35.5 Å². The number of carbonyl (C=O) groups excluding carboxylic acids is 3. The quantitative estimate of drug-likeness (QED) is 0.343. The molecule has 28 heavy (non-hydrogen) atoms. The molecular weight excluding hydrogens is 378 g/mol. The van der Waals surface area contributed by atoms with Gasteiger partial charge in [-0.3, -0.25) is 14.5 Å². The monoisotopic (exact) mass is 393 g/mol. The highest BCUT2D eigenvalue weighted by Gasteiger charge is 2.59. The summed E-state index contributed by atoms with van der Waals surface area (Å²) in [6.45, 7) is 0. The van der Waals surface area contributed by atoms with Gasteiger partial charge in [-0.15, -0.1) is 0 Å². The lowest BCUT2D eigenvalue weighted by molar-refractivity contribution is -0.123. The van der Waals surface area contributed by atoms with E-state index in [0.29, 0.717) is 22.0 Å². The molecule has 5 rings (SSSR count). The number of fused-ring (bicyclic) bond motifs is 5. The van der Waals surface area contributed by atoms with Crippen LogP contribution in [0.15, 0.2) is 60.7 Å². The smallest absolute Gasteiger partial charge is 0.343 e. The zero-order chi connectivity index (χ0) is 19.4. The van der Waals surface area contributed by atoms with E-state index >= 15 is 0 Å². The molecule has 1 saturated heterocycles. The number of esters is 1. The van der Waals surface area contributed by atoms with Gasteiger partial charge < -0.3 is 4.74 Å². The van der Waals surface area contributed by atoms with E-state index < -0.39 is 5.97 Å². The number of rotatable bonds is 3. The average Bonchev–Trinajstić information content (AvgIpc) is 3.38. The molecule has 2 fully saturated rings. The van der Waals surface area contributed by atoms with Gasteiger partial charge in [-0.25, -0.2) is 4.79 Å². The summed E-state index contributed by atoms with van der Waals surface area (Å²) in [5.41, 5.74) is 0.826. The predicted octanol–water partition coefficient (Wildman–Crippen LogP) is 3.87. The number of hydrogen-bond donors (Lipinski definition) is 0. The van der Waals surface area contributed by atoms with Gasteiger partial charge in [0.25, 0.3) is 0 Å². The first-order valence-electron chi connectivity index (χ1n) is 9.17. The molecule has 1 heterocycles. The van der Waals surface area contributed by atoms with Crippen molar-refractivity contribution < 1.29 is 19.1 Å². The zero-order valence-corrected chi connectivity index (χ0v) is 15.5. The van der Waals surface area contributed by atoms with Gasteiger partial charge in [0.1, 0.15) is 5.75 Å². The van der Waals surface area contributed by atoms with Crippen LogP contribution in [0.25, 0.3) is 0 Å². The van der Waals surface area contributed by atoms with Gasteiger partial charge in [-0.05, 0) is 66.8 Å². The minimum atomic E-state index is -0.521. The van der Waals surface area contributed by atoms with Gasteiger partial charge in [0.05, 0.1) is 23.1 Å². The lowest BCUT2D eigenvalue weighted by Gasteiger charge is -2.17. The molecule has 0 spiro atoms. The Morgan fingerprint density at radius 3 is 2.04 bits per heavy atom. The van der Waals surface area contributed by atoms with E-state index in [4.69, 9.17) is 16.3 Å². The second-order valence-corrected chi connectivity index (χ2v) is 7.84. The van der Waals surface area contributed by atoms with Crippen molar-refractivity contribution in [3.05, 3.63) is 71.3 Å². The van der Waals surface area contributed by atoms with E-state index in [2.05, 4.69) is 12.2 Å². The predicted molar refractivity (Wildman–Crippen MR) is 103 cm³/mol. The average molecular weight is 394 g/mol. The number of hydrogen-bond acceptors (Lipinski definition) is 4. The number of carbonyl (C=O) groups is 3. The van der Waals surface area contributed by atoms with Crippen LogP contribution in [0, 0.1) is 23.7 Å². The first-order chi connectivity index (χ1) is 13.5. The minimum Gasteiger partial charge on any atom is -0.423 e. The SMILES string of the molecule is O=C(Oc1ccc(Cl)cc1)c1ccc(N2C(=O)[C@@H]3[C@H](C2=O)[C@@H]2C=C[C@@H]3C2)cc1. The van der Waals surface area contributed by atoms with Crippen LogP contribution in [-0.4, -0.2) is 17.8 Å². The summed E-state index contributed by atoms with van der Waals surface area (Å²) in [7, 11) is 0. The Kier molecular flexibility index (Phi) is 3.88. The van der Waals surface area contributed by atoms with E-state index in [1.165, 1.54) is 4.90 Å². The van der Waals surface area contributed by atoms with Gasteiger partial charge in [-0.2, -0.15) is 0 Å². The summed E-state index contributed by atoms with van der Waals surface area (Å²) in [4.78, 5) is 39.3. The van der Waals surface area contributed by atoms with Crippen molar-refractivity contribution >= 4 is 35.1 Å². The molecule has 4 atom stereocenters. The number of ether oxygens (including phenoxy) is 1. The molecule has 6 heteroatoms. The number of allylic oxidation sites excluding steroid dienone is 2. The summed E-state index contributed by atoms with van der Waals surface area (Å²) >= 11 is 5.82. The van der Waals surface area contributed by atoms with Crippen LogP contribution >= 0.6 is 11.6 Å². The summed E-state index contributed by atoms with van der Waals surface area (Å²) in [5, 5.41) is 0.553. The highest BCUT2D eigenvalue weighted by Crippen LogP contribution is 2.53. The molecule has 2 aliphatic carbocycles. The molecule has 2 bridgehead atoms. The second-order valence-electron chi connectivity index (χ2n) is 7.40. The molecule has 5 nitrogen and oxygen atoms in total. The topological polar surface area (TPSA) is 63.7 Å². The zero-order valence-electron chi connectivity index (χ0n) is 14.7. The molecule has 3 aliphatic rings. The maximum absolute atomic E-state index is 12.8. The van der Waals surface area contributed by atoms with E-state index in [1.807, 2.05) is 0 Å². The van der Waals surface area contributed by atoms with Crippen LogP contribution in [0.4, 0.5) is 5.69 Å². The highest BCUT2D eigenvalue weighted by atomic mass is 35.5. The molecule has 140 valence electrons. The molecule has 2 aromatic rings. The maximum atomic E-state index is 12.8. The van der Waals surface area contributed by atoms with Gasteiger partial charge in [0.2, 0.25) is 11.8 Å². The van der Waals surface area contributed by atoms with Crippen LogP contribution in [0.2, 0.25) is 5.02 Å². The van der Waals surface area contributed by atoms with Crippen molar-refractivity contribution in [2.75, 3.05) is 4.90 Å². The molecule has 0 aromatic heterocycles. The summed E-state index contributed by atoms with van der Waals surface area (Å²) in [5.74, 6) is -0.540. The third-order valence-electron chi connectivity index (χ3n) is 5.86. The summed E-state index contributed by atoms with van der Waals surface area (Å²) in [6, 6.07) is 12.8. The molecule has 1 saturated carbocycles. The third-order valence-corrected chi connectivity index (χ3v) is 6.11. The Hall–Kier alpha value is -2.92. The van der Waals surface area contributed by atoms with Crippen molar-refractivity contribution in [3.8, 4) is 5.75 Å². The fourth-order valence-corrected chi connectivity index (χ4v) is 4.70. The van der Waals surface area contributed by atoms with Crippen LogP contribution in [0.1, 0.15) is 16.8 Å². The Morgan fingerprint density at radius 1 is 0.893 bits per heavy atom. The Morgan fingerprint density at radius 2 is 1.46 bits per heavy atom. The van der Waals surface area contributed by atoms with Crippen LogP contribution in [0.5, 0.6) is 5.75 Å². The van der Waals surface area contributed by atoms with Gasteiger partial charge in [0, 0.05) is 5.02 Å². The minimum absolute atomic E-state index is 0.136. The third kappa shape index (κ3) is 2.58. The number of imide groups is 1. The summed E-state index contributed by atoms with van der Waals surface area (Å²) < 4.78 is 5.31. The lowest BCUT2D eigenvalue weighted by Crippen LogP contribution is -2.32. The molecule has 0 unspecified atom stereocenters. The van der Waals surface area contributed by atoms with Crippen LogP contribution < -0.4 is 9.64 Å². The Labute approximate surface area is 166 Å². The standard InChI is InChI=1S/C22H16ClNO4/c23-15-5-9-17(10-6-15)28-22(27)12-3-7-16(8-4-12)24-20(25)18-13-1-2-14(11-13)19(18)21(24)26/h1-10,13-14,18-19H,11H2/t13-,14-,18-,19+/m1/s1. The van der Waals surface area contributed by atoms with Gasteiger partial charge in [-0.1, -0.05) is 23.8 Å². The van der Waals surface area contributed by atoms with Crippen molar-refractivity contribution in [1.29, 1.82) is 0 Å². The number of halogens is 1. The summed E-state index contributed by atoms with van der Waals surface area (Å²) in [6.07, 6.45) is 5.03.